The first-order chi connectivity index (χ1) is 12.6. The lowest BCUT2D eigenvalue weighted by Gasteiger charge is -2.35. The third kappa shape index (κ3) is 5.23. The quantitative estimate of drug-likeness (QED) is 0.880. The largest absolute Gasteiger partial charge is 0.484 e. The van der Waals surface area contributed by atoms with Gasteiger partial charge in [0.05, 0.1) is 0 Å². The molecule has 1 aliphatic carbocycles. The van der Waals surface area contributed by atoms with E-state index in [4.69, 9.17) is 4.74 Å². The van der Waals surface area contributed by atoms with Crippen LogP contribution in [0.5, 0.6) is 5.75 Å². The number of amides is 2. The molecule has 142 valence electrons. The molecular weight excluding hydrogens is 328 g/mol. The molecule has 0 bridgehead atoms. The standard InChI is InChI=1S/C21H30N2O3/c1-16-7-9-19(10-8-16)26-15-20(24)22-18-11-13-23(14-12-18)21(25)17-5-3-2-4-6-17/h7-10,17-18H,2-6,11-15H2,1H3,(H,22,24). The molecule has 0 spiro atoms. The van der Waals surface area contributed by atoms with Crippen LogP contribution in [0.1, 0.15) is 50.5 Å². The Hall–Kier alpha value is -2.04. The van der Waals surface area contributed by atoms with Gasteiger partial charge in [0.2, 0.25) is 5.91 Å². The van der Waals surface area contributed by atoms with Gasteiger partial charge in [0.1, 0.15) is 5.75 Å². The molecule has 1 heterocycles. The van der Waals surface area contributed by atoms with Crippen molar-refractivity contribution in [2.24, 2.45) is 5.92 Å². The molecule has 1 aromatic carbocycles. The van der Waals surface area contributed by atoms with Gasteiger partial charge in [-0.05, 0) is 44.7 Å². The molecule has 1 N–H and O–H groups in total. The first-order valence-electron chi connectivity index (χ1n) is 9.89. The summed E-state index contributed by atoms with van der Waals surface area (Å²) in [5.41, 5.74) is 1.16. The SMILES string of the molecule is Cc1ccc(OCC(=O)NC2CCN(C(=O)C3CCCCC3)CC2)cc1. The van der Waals surface area contributed by atoms with Crippen molar-refractivity contribution in [1.82, 2.24) is 10.2 Å². The minimum absolute atomic E-state index is 0.0320. The topological polar surface area (TPSA) is 58.6 Å². The molecule has 1 aromatic rings. The third-order valence-corrected chi connectivity index (χ3v) is 5.52. The molecule has 1 aliphatic heterocycles. The summed E-state index contributed by atoms with van der Waals surface area (Å²) >= 11 is 0. The molecular formula is C21H30N2O3. The van der Waals surface area contributed by atoms with Crippen LogP contribution in [0, 0.1) is 12.8 Å². The maximum atomic E-state index is 12.6. The van der Waals surface area contributed by atoms with E-state index < -0.39 is 0 Å². The van der Waals surface area contributed by atoms with E-state index in [9.17, 15) is 9.59 Å². The molecule has 0 unspecified atom stereocenters. The average molecular weight is 358 g/mol. The van der Waals surface area contributed by atoms with Crippen molar-refractivity contribution in [2.75, 3.05) is 19.7 Å². The van der Waals surface area contributed by atoms with E-state index in [0.717, 1.165) is 44.3 Å². The van der Waals surface area contributed by atoms with Crippen LogP contribution >= 0.6 is 0 Å². The van der Waals surface area contributed by atoms with Crippen molar-refractivity contribution < 1.29 is 14.3 Å². The highest BCUT2D eigenvalue weighted by Gasteiger charge is 2.29. The van der Waals surface area contributed by atoms with Crippen LogP contribution < -0.4 is 10.1 Å². The van der Waals surface area contributed by atoms with E-state index >= 15 is 0 Å². The molecule has 1 saturated carbocycles. The van der Waals surface area contributed by atoms with E-state index in [-0.39, 0.29) is 24.5 Å². The Morgan fingerprint density at radius 2 is 1.69 bits per heavy atom. The molecule has 2 amide bonds. The Balaban J connectivity index is 1.37. The predicted octanol–water partition coefficient (Wildman–Crippen LogP) is 3.06. The van der Waals surface area contributed by atoms with E-state index in [1.807, 2.05) is 36.1 Å². The third-order valence-electron chi connectivity index (χ3n) is 5.52. The number of hydrogen-bond acceptors (Lipinski definition) is 3. The molecule has 0 atom stereocenters. The van der Waals surface area contributed by atoms with Gasteiger partial charge < -0.3 is 15.0 Å². The number of aryl methyl sites for hydroxylation is 1. The van der Waals surface area contributed by atoms with Gasteiger partial charge in [0.25, 0.3) is 5.91 Å². The zero-order valence-electron chi connectivity index (χ0n) is 15.7. The molecule has 0 aromatic heterocycles. The number of piperidine rings is 1. The summed E-state index contributed by atoms with van der Waals surface area (Å²) in [4.78, 5) is 26.7. The number of rotatable bonds is 5. The summed E-state index contributed by atoms with van der Waals surface area (Å²) in [6, 6.07) is 7.81. The Bertz CT molecular complexity index is 600. The van der Waals surface area contributed by atoms with Crippen LogP contribution in [-0.2, 0) is 9.59 Å². The van der Waals surface area contributed by atoms with Crippen LogP contribution in [0.25, 0.3) is 0 Å². The Morgan fingerprint density at radius 3 is 2.35 bits per heavy atom. The lowest BCUT2D eigenvalue weighted by Crippen LogP contribution is -2.49. The molecule has 2 aliphatic rings. The lowest BCUT2D eigenvalue weighted by molar-refractivity contribution is -0.137. The summed E-state index contributed by atoms with van der Waals surface area (Å²) < 4.78 is 5.53. The summed E-state index contributed by atoms with van der Waals surface area (Å²) in [6.45, 7) is 3.55. The van der Waals surface area contributed by atoms with Crippen molar-refractivity contribution in [2.45, 2.75) is 57.9 Å². The zero-order chi connectivity index (χ0) is 18.4. The first kappa shape index (κ1) is 18.7. The van der Waals surface area contributed by atoms with Gasteiger partial charge in [-0.2, -0.15) is 0 Å². The number of hydrogen-bond donors (Lipinski definition) is 1. The summed E-state index contributed by atoms with van der Waals surface area (Å²) in [6.07, 6.45) is 7.39. The molecule has 26 heavy (non-hydrogen) atoms. The summed E-state index contributed by atoms with van der Waals surface area (Å²) in [5, 5.41) is 3.04. The fraction of sp³-hybridized carbons (Fsp3) is 0.619. The summed E-state index contributed by atoms with van der Waals surface area (Å²) in [5.74, 6) is 1.18. The van der Waals surface area contributed by atoms with Crippen molar-refractivity contribution in [3.63, 3.8) is 0 Å². The monoisotopic (exact) mass is 358 g/mol. The second kappa shape index (κ2) is 9.06. The van der Waals surface area contributed by atoms with Gasteiger partial charge in [-0.3, -0.25) is 9.59 Å². The molecule has 2 fully saturated rings. The number of benzene rings is 1. The minimum atomic E-state index is -0.0948. The van der Waals surface area contributed by atoms with Gasteiger partial charge >= 0.3 is 0 Å². The molecule has 1 saturated heterocycles. The van der Waals surface area contributed by atoms with Crippen LogP contribution in [0.4, 0.5) is 0 Å². The van der Waals surface area contributed by atoms with E-state index in [1.54, 1.807) is 0 Å². The van der Waals surface area contributed by atoms with E-state index in [1.165, 1.54) is 19.3 Å². The molecule has 3 rings (SSSR count). The Labute approximate surface area is 156 Å². The van der Waals surface area contributed by atoms with E-state index in [0.29, 0.717) is 11.7 Å². The summed E-state index contributed by atoms with van der Waals surface area (Å²) in [7, 11) is 0. The maximum Gasteiger partial charge on any atom is 0.258 e. The van der Waals surface area contributed by atoms with Crippen LogP contribution in [0.2, 0.25) is 0 Å². The Kier molecular flexibility index (Phi) is 6.53. The van der Waals surface area contributed by atoms with Gasteiger partial charge in [0.15, 0.2) is 6.61 Å². The zero-order valence-corrected chi connectivity index (χ0v) is 15.7. The average Bonchev–Trinajstić information content (AvgIpc) is 2.68. The smallest absolute Gasteiger partial charge is 0.258 e. The molecule has 5 heteroatoms. The minimum Gasteiger partial charge on any atom is -0.484 e. The highest BCUT2D eigenvalue weighted by Crippen LogP contribution is 2.26. The number of ether oxygens (including phenoxy) is 1. The maximum absolute atomic E-state index is 12.6. The molecule has 0 radical (unpaired) electrons. The highest BCUT2D eigenvalue weighted by atomic mass is 16.5. The van der Waals surface area contributed by atoms with Gasteiger partial charge in [0, 0.05) is 25.0 Å². The fourth-order valence-corrected chi connectivity index (χ4v) is 3.90. The normalized spacial score (nSPS) is 19.2. The van der Waals surface area contributed by atoms with Gasteiger partial charge in [-0.1, -0.05) is 37.0 Å². The van der Waals surface area contributed by atoms with Crippen molar-refractivity contribution in [3.8, 4) is 5.75 Å². The fourth-order valence-electron chi connectivity index (χ4n) is 3.90. The lowest BCUT2D eigenvalue weighted by atomic mass is 9.87. The van der Waals surface area contributed by atoms with Crippen LogP contribution in [0.3, 0.4) is 0 Å². The number of carbonyl (C=O) groups excluding carboxylic acids is 2. The first-order valence-corrected chi connectivity index (χ1v) is 9.89. The van der Waals surface area contributed by atoms with Crippen molar-refractivity contribution >= 4 is 11.8 Å². The number of carbonyl (C=O) groups is 2. The molecule has 5 nitrogen and oxygen atoms in total. The van der Waals surface area contributed by atoms with Crippen LogP contribution in [0.15, 0.2) is 24.3 Å². The predicted molar refractivity (Wildman–Crippen MR) is 101 cm³/mol. The second-order valence-corrected chi connectivity index (χ2v) is 7.60. The second-order valence-electron chi connectivity index (χ2n) is 7.60. The van der Waals surface area contributed by atoms with Gasteiger partial charge in [-0.25, -0.2) is 0 Å². The Morgan fingerprint density at radius 1 is 1.04 bits per heavy atom. The van der Waals surface area contributed by atoms with Crippen LogP contribution in [-0.4, -0.2) is 42.5 Å². The highest BCUT2D eigenvalue weighted by molar-refractivity contribution is 5.79. The van der Waals surface area contributed by atoms with E-state index in [2.05, 4.69) is 5.32 Å². The number of likely N-dealkylation sites (tertiary alicyclic amines) is 1. The van der Waals surface area contributed by atoms with Crippen molar-refractivity contribution in [3.05, 3.63) is 29.8 Å². The van der Waals surface area contributed by atoms with Gasteiger partial charge in [-0.15, -0.1) is 0 Å². The number of nitrogens with zero attached hydrogens (tertiary/aromatic N) is 1. The number of nitrogens with one attached hydrogen (secondary N) is 1. The van der Waals surface area contributed by atoms with Crippen molar-refractivity contribution in [1.29, 1.82) is 0 Å².